The van der Waals surface area contributed by atoms with Gasteiger partial charge in [0.25, 0.3) is 5.91 Å². The highest BCUT2D eigenvalue weighted by atomic mass is 32.1. The van der Waals surface area contributed by atoms with E-state index in [9.17, 15) is 9.59 Å². The molecule has 0 radical (unpaired) electrons. The van der Waals surface area contributed by atoms with E-state index in [2.05, 4.69) is 30.8 Å². The summed E-state index contributed by atoms with van der Waals surface area (Å²) in [6.07, 6.45) is -0.501. The number of alkyl carbamates (subject to hydrolysis) is 1. The van der Waals surface area contributed by atoms with Crippen LogP contribution in [0.2, 0.25) is 0 Å². The quantitative estimate of drug-likeness (QED) is 0.370. The second-order valence-corrected chi connectivity index (χ2v) is 8.81. The van der Waals surface area contributed by atoms with E-state index in [4.69, 9.17) is 4.74 Å². The number of hydrogen-bond acceptors (Lipinski definition) is 6. The minimum Gasteiger partial charge on any atom is -0.444 e. The van der Waals surface area contributed by atoms with Crippen LogP contribution in [0.4, 0.5) is 10.6 Å². The van der Waals surface area contributed by atoms with Gasteiger partial charge in [-0.1, -0.05) is 12.1 Å². The van der Waals surface area contributed by atoms with E-state index < -0.39 is 11.7 Å². The molecule has 3 heterocycles. The second-order valence-electron chi connectivity index (χ2n) is 7.90. The van der Waals surface area contributed by atoms with Crippen molar-refractivity contribution in [3.05, 3.63) is 52.2 Å². The van der Waals surface area contributed by atoms with Gasteiger partial charge in [-0.2, -0.15) is 5.10 Å². The molecule has 31 heavy (non-hydrogen) atoms. The molecule has 4 N–H and O–H groups in total. The number of rotatable bonds is 5. The molecule has 0 spiro atoms. The van der Waals surface area contributed by atoms with Crippen LogP contribution in [-0.2, 0) is 11.3 Å². The third-order valence-corrected chi connectivity index (χ3v) is 5.16. The lowest BCUT2D eigenvalue weighted by Crippen LogP contribution is -2.32. The number of anilines is 1. The highest BCUT2D eigenvalue weighted by Crippen LogP contribution is 2.22. The van der Waals surface area contributed by atoms with Crippen molar-refractivity contribution >= 4 is 40.2 Å². The molecule has 0 aliphatic rings. The predicted octanol–water partition coefficient (Wildman–Crippen LogP) is 4.29. The first-order chi connectivity index (χ1) is 14.8. The SMILES string of the molecule is CC(C)(C)OC(=O)NCc1csc(C(=O)Nc2cc(-c3nc4ccccc4[nH]3)[nH]n2)c1. The van der Waals surface area contributed by atoms with E-state index in [0.29, 0.717) is 22.2 Å². The number of H-pyrrole nitrogens is 2. The zero-order valence-electron chi connectivity index (χ0n) is 17.3. The average molecular weight is 439 g/mol. The normalized spacial score (nSPS) is 11.5. The Labute approximate surface area is 182 Å². The molecule has 0 bridgehead atoms. The molecule has 2 amide bonds. The van der Waals surface area contributed by atoms with E-state index in [1.165, 1.54) is 11.3 Å². The molecule has 9 nitrogen and oxygen atoms in total. The van der Waals surface area contributed by atoms with Crippen LogP contribution >= 0.6 is 11.3 Å². The maximum atomic E-state index is 12.5. The Hall–Kier alpha value is -3.66. The zero-order valence-corrected chi connectivity index (χ0v) is 18.1. The number of hydrogen-bond donors (Lipinski definition) is 4. The lowest BCUT2D eigenvalue weighted by Gasteiger charge is -2.19. The van der Waals surface area contributed by atoms with E-state index in [-0.39, 0.29) is 12.5 Å². The van der Waals surface area contributed by atoms with Crippen LogP contribution in [0.15, 0.2) is 41.8 Å². The maximum absolute atomic E-state index is 12.5. The van der Waals surface area contributed by atoms with Crippen molar-refractivity contribution in [2.75, 3.05) is 5.32 Å². The molecule has 1 aromatic carbocycles. The molecular weight excluding hydrogens is 416 g/mol. The molecule has 4 aromatic rings. The average Bonchev–Trinajstić information content (AvgIpc) is 3.43. The van der Waals surface area contributed by atoms with E-state index in [1.54, 1.807) is 32.9 Å². The Balaban J connectivity index is 1.36. The van der Waals surface area contributed by atoms with Crippen molar-refractivity contribution in [2.45, 2.75) is 32.9 Å². The topological polar surface area (TPSA) is 125 Å². The summed E-state index contributed by atoms with van der Waals surface area (Å²) >= 11 is 1.29. The van der Waals surface area contributed by atoms with Crippen molar-refractivity contribution in [3.8, 4) is 11.5 Å². The summed E-state index contributed by atoms with van der Waals surface area (Å²) in [5, 5.41) is 14.3. The summed E-state index contributed by atoms with van der Waals surface area (Å²) in [6, 6.07) is 11.2. The lowest BCUT2D eigenvalue weighted by atomic mass is 10.2. The van der Waals surface area contributed by atoms with Crippen LogP contribution in [0.5, 0.6) is 0 Å². The monoisotopic (exact) mass is 438 g/mol. The van der Waals surface area contributed by atoms with Gasteiger partial charge < -0.3 is 20.4 Å². The van der Waals surface area contributed by atoms with E-state index >= 15 is 0 Å². The smallest absolute Gasteiger partial charge is 0.407 e. The largest absolute Gasteiger partial charge is 0.444 e. The summed E-state index contributed by atoms with van der Waals surface area (Å²) in [4.78, 5) is 32.5. The number of nitrogens with one attached hydrogen (secondary N) is 4. The maximum Gasteiger partial charge on any atom is 0.407 e. The number of nitrogens with zero attached hydrogens (tertiary/aromatic N) is 2. The van der Waals surface area contributed by atoms with Gasteiger partial charge in [0.2, 0.25) is 0 Å². The molecule has 0 saturated heterocycles. The summed E-state index contributed by atoms with van der Waals surface area (Å²) < 4.78 is 5.21. The van der Waals surface area contributed by atoms with E-state index in [0.717, 1.165) is 16.6 Å². The fourth-order valence-electron chi connectivity index (χ4n) is 2.84. The summed E-state index contributed by atoms with van der Waals surface area (Å²) in [5.41, 5.74) is 2.69. The first kappa shape index (κ1) is 20.6. The molecule has 4 rings (SSSR count). The summed E-state index contributed by atoms with van der Waals surface area (Å²) in [6.45, 7) is 5.67. The Morgan fingerprint density at radius 2 is 2.00 bits per heavy atom. The molecule has 160 valence electrons. The Bertz CT molecular complexity index is 1200. The van der Waals surface area contributed by atoms with Gasteiger partial charge in [0.05, 0.1) is 15.9 Å². The minimum atomic E-state index is -0.561. The standard InChI is InChI=1S/C21H22N6O3S/c1-21(2,3)30-20(29)22-10-12-8-16(31-11-12)19(28)25-17-9-15(26-27-17)18-23-13-6-4-5-7-14(13)24-18/h4-9,11H,10H2,1-3H3,(H,22,29)(H,23,24)(H2,25,26,27,28). The number of thiophene rings is 1. The predicted molar refractivity (Wildman–Crippen MR) is 119 cm³/mol. The number of benzene rings is 1. The van der Waals surface area contributed by atoms with Crippen LogP contribution in [0.3, 0.4) is 0 Å². The fourth-order valence-corrected chi connectivity index (χ4v) is 3.65. The first-order valence-electron chi connectivity index (χ1n) is 9.63. The Morgan fingerprint density at radius 3 is 2.77 bits per heavy atom. The number of imidazole rings is 1. The van der Waals surface area contributed by atoms with Gasteiger partial charge in [-0.05, 0) is 49.9 Å². The number of amides is 2. The lowest BCUT2D eigenvalue weighted by molar-refractivity contribution is 0.0523. The molecular formula is C21H22N6O3S. The van der Waals surface area contributed by atoms with Gasteiger partial charge in [0.1, 0.15) is 11.3 Å². The van der Waals surface area contributed by atoms with Crippen LogP contribution in [0.25, 0.3) is 22.6 Å². The Morgan fingerprint density at radius 1 is 1.19 bits per heavy atom. The highest BCUT2D eigenvalue weighted by Gasteiger charge is 2.17. The molecule has 0 atom stereocenters. The van der Waals surface area contributed by atoms with Crippen molar-refractivity contribution in [2.24, 2.45) is 0 Å². The summed E-state index contributed by atoms with van der Waals surface area (Å²) in [5.74, 6) is 0.749. The third-order valence-electron chi connectivity index (χ3n) is 4.18. The molecule has 10 heteroatoms. The van der Waals surface area contributed by atoms with Crippen LogP contribution in [0, 0.1) is 0 Å². The number of aromatic amines is 2. The van der Waals surface area contributed by atoms with Crippen LogP contribution in [-0.4, -0.2) is 37.8 Å². The van der Waals surface area contributed by atoms with Crippen molar-refractivity contribution in [3.63, 3.8) is 0 Å². The highest BCUT2D eigenvalue weighted by molar-refractivity contribution is 7.12. The molecule has 0 fully saturated rings. The van der Waals surface area contributed by atoms with Crippen LogP contribution < -0.4 is 10.6 Å². The van der Waals surface area contributed by atoms with Crippen LogP contribution in [0.1, 0.15) is 36.0 Å². The van der Waals surface area contributed by atoms with Crippen molar-refractivity contribution in [1.29, 1.82) is 0 Å². The van der Waals surface area contributed by atoms with Gasteiger partial charge in [0, 0.05) is 12.6 Å². The summed E-state index contributed by atoms with van der Waals surface area (Å²) in [7, 11) is 0. The first-order valence-corrected chi connectivity index (χ1v) is 10.5. The molecule has 0 unspecified atom stereocenters. The number of fused-ring (bicyclic) bond motifs is 1. The Kier molecular flexibility index (Phi) is 5.47. The minimum absolute atomic E-state index is 0.275. The molecule has 0 saturated carbocycles. The number of ether oxygens (including phenoxy) is 1. The molecule has 0 aliphatic carbocycles. The molecule has 0 aliphatic heterocycles. The zero-order chi connectivity index (χ0) is 22.0. The van der Waals surface area contributed by atoms with Gasteiger partial charge >= 0.3 is 6.09 Å². The van der Waals surface area contributed by atoms with Gasteiger partial charge in [0.15, 0.2) is 11.6 Å². The van der Waals surface area contributed by atoms with Gasteiger partial charge in [-0.15, -0.1) is 11.3 Å². The number of carbonyl (C=O) groups excluding carboxylic acids is 2. The number of para-hydroxylation sites is 2. The second kappa shape index (κ2) is 8.23. The van der Waals surface area contributed by atoms with Gasteiger partial charge in [-0.3, -0.25) is 9.89 Å². The molecule has 3 aromatic heterocycles. The number of aromatic nitrogens is 4. The van der Waals surface area contributed by atoms with Gasteiger partial charge in [-0.25, -0.2) is 9.78 Å². The number of carbonyl (C=O) groups is 2. The van der Waals surface area contributed by atoms with Crippen molar-refractivity contribution in [1.82, 2.24) is 25.5 Å². The fraction of sp³-hybridized carbons (Fsp3) is 0.238. The third kappa shape index (κ3) is 5.10. The van der Waals surface area contributed by atoms with Crippen molar-refractivity contribution < 1.29 is 14.3 Å². The van der Waals surface area contributed by atoms with E-state index in [1.807, 2.05) is 29.6 Å².